The first kappa shape index (κ1) is 27.4. The van der Waals surface area contributed by atoms with E-state index in [0.717, 1.165) is 0 Å². The molecule has 2 heterocycles. The van der Waals surface area contributed by atoms with Gasteiger partial charge in [-0.2, -0.15) is 0 Å². The first-order valence-corrected chi connectivity index (χ1v) is 13.6. The molecule has 2 N–H and O–H groups in total. The summed E-state index contributed by atoms with van der Waals surface area (Å²) < 4.78 is 5.45. The second kappa shape index (κ2) is 11.9. The smallest absolute Gasteiger partial charge is 0.254 e. The number of hydrogen-bond acceptors (Lipinski definition) is 6. The molecule has 3 aromatic rings. The highest BCUT2D eigenvalue weighted by Crippen LogP contribution is 2.48. The van der Waals surface area contributed by atoms with Crippen molar-refractivity contribution in [3.05, 3.63) is 93.2 Å². The molecule has 2 aromatic carbocycles. The molecule has 1 fully saturated rings. The van der Waals surface area contributed by atoms with Crippen molar-refractivity contribution in [1.82, 2.24) is 15.4 Å². The summed E-state index contributed by atoms with van der Waals surface area (Å²) in [5, 5.41) is 10.9. The number of carbonyl (C=O) groups is 2. The Morgan fingerprint density at radius 2 is 1.87 bits per heavy atom. The minimum absolute atomic E-state index is 0.0692. The summed E-state index contributed by atoms with van der Waals surface area (Å²) in [4.78, 5) is 39.6. The number of benzene rings is 2. The van der Waals surface area contributed by atoms with E-state index in [-0.39, 0.29) is 18.6 Å². The zero-order chi connectivity index (χ0) is 27.5. The van der Waals surface area contributed by atoms with Crippen LogP contribution in [0.3, 0.4) is 0 Å². The molecular formula is C29H29Cl2N3O5. The van der Waals surface area contributed by atoms with Crippen molar-refractivity contribution in [2.75, 3.05) is 7.11 Å². The minimum atomic E-state index is -0.873. The maximum atomic E-state index is 14.1. The summed E-state index contributed by atoms with van der Waals surface area (Å²) in [6, 6.07) is 14.7. The molecule has 39 heavy (non-hydrogen) atoms. The third-order valence-electron chi connectivity index (χ3n) is 7.42. The first-order chi connectivity index (χ1) is 18.9. The standard InChI is InChI=1S/C29H29Cl2N3O5/c1-38-21-10-12-22-24(15-21)26(28(36)33-39-16-18-4-2-3-13-32-18)27(23-11-5-17(30)14-25(23)31)34(29(22)37)19-6-8-20(35)9-7-19/h2-5,10-15,19-20,26-27,35H,6-9,16H2,1H3,(H,33,36)/t19-,20-,26-,27+/m1/s1. The highest BCUT2D eigenvalue weighted by molar-refractivity contribution is 6.35. The van der Waals surface area contributed by atoms with Crippen LogP contribution in [0.5, 0.6) is 5.75 Å². The lowest BCUT2D eigenvalue weighted by molar-refractivity contribution is -0.138. The molecule has 1 aliphatic carbocycles. The first-order valence-electron chi connectivity index (χ1n) is 12.8. The number of carbonyl (C=O) groups excluding carboxylic acids is 2. The van der Waals surface area contributed by atoms with Crippen LogP contribution in [0.1, 0.15) is 64.8 Å². The fraction of sp³-hybridized carbons (Fsp3) is 0.345. The summed E-state index contributed by atoms with van der Waals surface area (Å²) in [5.74, 6) is -1.00. The Labute approximate surface area is 236 Å². The molecule has 2 aliphatic rings. The highest BCUT2D eigenvalue weighted by atomic mass is 35.5. The number of ether oxygens (including phenoxy) is 1. The molecule has 1 aliphatic heterocycles. The monoisotopic (exact) mass is 569 g/mol. The number of hydroxylamine groups is 1. The van der Waals surface area contributed by atoms with Gasteiger partial charge < -0.3 is 14.7 Å². The summed E-state index contributed by atoms with van der Waals surface area (Å²) >= 11 is 12.9. The Hall–Kier alpha value is -3.17. The van der Waals surface area contributed by atoms with E-state index in [1.54, 1.807) is 59.6 Å². The summed E-state index contributed by atoms with van der Waals surface area (Å²) in [6.07, 6.45) is 3.57. The molecule has 204 valence electrons. The lowest BCUT2D eigenvalue weighted by atomic mass is 9.77. The predicted octanol–water partition coefficient (Wildman–Crippen LogP) is 5.23. The van der Waals surface area contributed by atoms with Gasteiger partial charge in [-0.3, -0.25) is 19.4 Å². The van der Waals surface area contributed by atoms with Gasteiger partial charge in [0.15, 0.2) is 0 Å². The van der Waals surface area contributed by atoms with Gasteiger partial charge in [0, 0.05) is 27.8 Å². The number of nitrogens with one attached hydrogen (secondary N) is 1. The molecular weight excluding hydrogens is 541 g/mol. The number of pyridine rings is 1. The quantitative estimate of drug-likeness (QED) is 0.378. The van der Waals surface area contributed by atoms with Crippen molar-refractivity contribution < 1.29 is 24.3 Å². The largest absolute Gasteiger partial charge is 0.497 e. The van der Waals surface area contributed by atoms with Gasteiger partial charge >= 0.3 is 0 Å². The Kier molecular flexibility index (Phi) is 8.37. The zero-order valence-electron chi connectivity index (χ0n) is 21.3. The van der Waals surface area contributed by atoms with Gasteiger partial charge in [0.05, 0.1) is 30.9 Å². The van der Waals surface area contributed by atoms with Gasteiger partial charge in [-0.05, 0) is 79.3 Å². The number of halogens is 2. The lowest BCUT2D eigenvalue weighted by Gasteiger charge is -2.47. The van der Waals surface area contributed by atoms with Crippen LogP contribution in [0.4, 0.5) is 0 Å². The van der Waals surface area contributed by atoms with Crippen LogP contribution in [0.25, 0.3) is 0 Å². The molecule has 0 radical (unpaired) electrons. The van der Waals surface area contributed by atoms with Gasteiger partial charge in [0.2, 0.25) is 0 Å². The predicted molar refractivity (Wildman–Crippen MR) is 147 cm³/mol. The van der Waals surface area contributed by atoms with Crippen molar-refractivity contribution in [2.24, 2.45) is 0 Å². The SMILES string of the molecule is COc1ccc2c(c1)[C@@H](C(=O)NOCc1ccccn1)[C@H](c1ccc(Cl)cc1Cl)N([C@H]1CC[C@H](O)CC1)C2=O. The van der Waals surface area contributed by atoms with Crippen LogP contribution in [-0.2, 0) is 16.2 Å². The van der Waals surface area contributed by atoms with Crippen molar-refractivity contribution in [2.45, 2.75) is 56.4 Å². The molecule has 10 heteroatoms. The minimum Gasteiger partial charge on any atom is -0.497 e. The summed E-state index contributed by atoms with van der Waals surface area (Å²) in [7, 11) is 1.53. The summed E-state index contributed by atoms with van der Waals surface area (Å²) in [5.41, 5.74) is 4.76. The summed E-state index contributed by atoms with van der Waals surface area (Å²) in [6.45, 7) is 0.0692. The second-order valence-corrected chi connectivity index (χ2v) is 10.6. The lowest BCUT2D eigenvalue weighted by Crippen LogP contribution is -2.52. The zero-order valence-corrected chi connectivity index (χ0v) is 22.9. The van der Waals surface area contributed by atoms with E-state index in [9.17, 15) is 14.7 Å². The Morgan fingerprint density at radius 3 is 2.56 bits per heavy atom. The highest BCUT2D eigenvalue weighted by Gasteiger charge is 2.48. The topological polar surface area (TPSA) is 101 Å². The van der Waals surface area contributed by atoms with Gasteiger partial charge in [-0.15, -0.1) is 0 Å². The molecule has 0 spiro atoms. The van der Waals surface area contributed by atoms with E-state index in [2.05, 4.69) is 10.5 Å². The molecule has 1 saturated carbocycles. The number of rotatable bonds is 7. The van der Waals surface area contributed by atoms with Crippen LogP contribution in [0.2, 0.25) is 10.0 Å². The average Bonchev–Trinajstić information content (AvgIpc) is 2.94. The fourth-order valence-corrected chi connectivity index (χ4v) is 6.05. The fourth-order valence-electron chi connectivity index (χ4n) is 5.53. The third-order valence-corrected chi connectivity index (χ3v) is 7.98. The maximum absolute atomic E-state index is 14.1. The number of amides is 2. The number of aromatic nitrogens is 1. The molecule has 2 amide bonds. The number of fused-ring (bicyclic) bond motifs is 1. The van der Waals surface area contributed by atoms with Crippen molar-refractivity contribution in [3.63, 3.8) is 0 Å². The van der Waals surface area contributed by atoms with Crippen LogP contribution in [0, 0.1) is 0 Å². The molecule has 1 aromatic heterocycles. The molecule has 8 nitrogen and oxygen atoms in total. The number of nitrogens with zero attached hydrogens (tertiary/aromatic N) is 2. The Morgan fingerprint density at radius 1 is 1.08 bits per heavy atom. The Bertz CT molecular complexity index is 1350. The number of aliphatic hydroxyl groups excluding tert-OH is 1. The molecule has 5 rings (SSSR count). The van der Waals surface area contributed by atoms with Crippen molar-refractivity contribution >= 4 is 35.0 Å². The van der Waals surface area contributed by atoms with E-state index in [1.807, 2.05) is 6.07 Å². The van der Waals surface area contributed by atoms with Gasteiger partial charge in [0.25, 0.3) is 11.8 Å². The van der Waals surface area contributed by atoms with Crippen LogP contribution in [0.15, 0.2) is 60.8 Å². The van der Waals surface area contributed by atoms with E-state index in [0.29, 0.717) is 63.9 Å². The van der Waals surface area contributed by atoms with Crippen LogP contribution >= 0.6 is 23.2 Å². The maximum Gasteiger partial charge on any atom is 0.254 e. The van der Waals surface area contributed by atoms with Crippen LogP contribution in [-0.4, -0.2) is 46.1 Å². The molecule has 0 unspecified atom stereocenters. The van der Waals surface area contributed by atoms with Gasteiger partial charge in [0.1, 0.15) is 12.4 Å². The van der Waals surface area contributed by atoms with E-state index < -0.39 is 24.0 Å². The normalized spacial score (nSPS) is 22.8. The van der Waals surface area contributed by atoms with Crippen molar-refractivity contribution in [1.29, 1.82) is 0 Å². The number of hydrogen-bond donors (Lipinski definition) is 2. The average molecular weight is 570 g/mol. The number of methoxy groups -OCH3 is 1. The molecule has 0 saturated heterocycles. The molecule has 0 bridgehead atoms. The second-order valence-electron chi connectivity index (χ2n) is 9.79. The molecule has 2 atom stereocenters. The van der Waals surface area contributed by atoms with E-state index in [4.69, 9.17) is 32.8 Å². The van der Waals surface area contributed by atoms with Gasteiger partial charge in [-0.1, -0.05) is 35.3 Å². The van der Waals surface area contributed by atoms with E-state index in [1.165, 1.54) is 7.11 Å². The number of aliphatic hydroxyl groups is 1. The van der Waals surface area contributed by atoms with Gasteiger partial charge in [-0.25, -0.2) is 5.48 Å². The Balaban J connectivity index is 1.59. The van der Waals surface area contributed by atoms with Crippen molar-refractivity contribution in [3.8, 4) is 5.75 Å². The third kappa shape index (κ3) is 5.75. The van der Waals surface area contributed by atoms with E-state index >= 15 is 0 Å². The van der Waals surface area contributed by atoms with Crippen LogP contribution < -0.4 is 10.2 Å².